The second-order valence-corrected chi connectivity index (χ2v) is 7.27. The van der Waals surface area contributed by atoms with Gasteiger partial charge in [-0.25, -0.2) is 0 Å². The zero-order valence-electron chi connectivity index (χ0n) is 11.7. The third-order valence-electron chi connectivity index (χ3n) is 4.86. The Morgan fingerprint density at radius 1 is 1.29 bits per heavy atom. The van der Waals surface area contributed by atoms with Gasteiger partial charge in [-0.3, -0.25) is 4.79 Å². The van der Waals surface area contributed by atoms with Crippen LogP contribution in [0.15, 0.2) is 24.3 Å². The fourth-order valence-electron chi connectivity index (χ4n) is 3.73. The highest BCUT2D eigenvalue weighted by Crippen LogP contribution is 2.39. The van der Waals surface area contributed by atoms with E-state index in [4.69, 9.17) is 5.73 Å². The average Bonchev–Trinajstić information content (AvgIpc) is 3.13. The summed E-state index contributed by atoms with van der Waals surface area (Å²) in [5, 5.41) is 11.0. The Kier molecular flexibility index (Phi) is 2.94. The molecule has 1 saturated carbocycles. The fourth-order valence-corrected chi connectivity index (χ4v) is 4.74. The molecule has 2 heterocycles. The number of rotatable bonds is 1. The smallest absolute Gasteiger partial charge is 0.263 e. The van der Waals surface area contributed by atoms with Crippen molar-refractivity contribution in [1.29, 1.82) is 0 Å². The van der Waals surface area contributed by atoms with Crippen LogP contribution in [0.3, 0.4) is 0 Å². The molecule has 0 radical (unpaired) electrons. The number of fused-ring (bicyclic) bond motifs is 2. The van der Waals surface area contributed by atoms with E-state index in [2.05, 4.69) is 0 Å². The zero-order valence-corrected chi connectivity index (χ0v) is 12.5. The van der Waals surface area contributed by atoms with Gasteiger partial charge in [-0.2, -0.15) is 0 Å². The van der Waals surface area contributed by atoms with Crippen LogP contribution in [0.2, 0.25) is 0 Å². The predicted molar refractivity (Wildman–Crippen MR) is 84.4 cm³/mol. The molecule has 21 heavy (non-hydrogen) atoms. The van der Waals surface area contributed by atoms with Crippen LogP contribution >= 0.6 is 11.3 Å². The first-order chi connectivity index (χ1) is 10.1. The predicted octanol–water partition coefficient (Wildman–Crippen LogP) is 2.33. The Labute approximate surface area is 127 Å². The number of nitrogen functional groups attached to an aromatic ring is 1. The van der Waals surface area contributed by atoms with Gasteiger partial charge in [-0.05, 0) is 48.4 Å². The van der Waals surface area contributed by atoms with Crippen molar-refractivity contribution in [2.24, 2.45) is 11.8 Å². The topological polar surface area (TPSA) is 66.6 Å². The first kappa shape index (κ1) is 13.1. The first-order valence-corrected chi connectivity index (χ1v) is 8.20. The normalized spacial score (nSPS) is 28.2. The number of hydrogen-bond acceptors (Lipinski definition) is 4. The summed E-state index contributed by atoms with van der Waals surface area (Å²) in [6.07, 6.45) is 1.70. The highest BCUT2D eigenvalue weighted by Gasteiger charge is 2.43. The summed E-state index contributed by atoms with van der Waals surface area (Å²) in [6, 6.07) is 7.67. The number of carbonyl (C=O) groups is 1. The van der Waals surface area contributed by atoms with Gasteiger partial charge in [0.25, 0.3) is 5.91 Å². The minimum Gasteiger partial charge on any atom is -0.399 e. The van der Waals surface area contributed by atoms with Gasteiger partial charge < -0.3 is 15.7 Å². The van der Waals surface area contributed by atoms with E-state index in [9.17, 15) is 9.90 Å². The maximum absolute atomic E-state index is 12.7. The Hall–Kier alpha value is -1.59. The fraction of sp³-hybridized carbons (Fsp3) is 0.438. The molecular formula is C16H18N2O2S. The van der Waals surface area contributed by atoms with E-state index in [0.29, 0.717) is 12.5 Å². The molecule has 110 valence electrons. The summed E-state index contributed by atoms with van der Waals surface area (Å²) in [5.41, 5.74) is 6.51. The molecule has 2 aromatic rings. The highest BCUT2D eigenvalue weighted by molar-refractivity contribution is 7.20. The molecular weight excluding hydrogens is 284 g/mol. The molecule has 2 fully saturated rings. The lowest BCUT2D eigenvalue weighted by Gasteiger charge is -2.17. The lowest BCUT2D eigenvalue weighted by molar-refractivity contribution is 0.0757. The van der Waals surface area contributed by atoms with Crippen LogP contribution in [0, 0.1) is 11.8 Å². The van der Waals surface area contributed by atoms with E-state index in [1.54, 1.807) is 0 Å². The third kappa shape index (κ3) is 2.12. The Balaban J connectivity index is 1.59. The number of aliphatic hydroxyl groups excluding tert-OH is 1. The lowest BCUT2D eigenvalue weighted by atomic mass is 10.00. The molecule has 1 aliphatic heterocycles. The zero-order chi connectivity index (χ0) is 14.6. The van der Waals surface area contributed by atoms with E-state index in [-0.39, 0.29) is 17.9 Å². The van der Waals surface area contributed by atoms with E-state index in [1.165, 1.54) is 11.3 Å². The molecule has 0 bridgehead atoms. The van der Waals surface area contributed by atoms with Crippen LogP contribution in [0.5, 0.6) is 0 Å². The van der Waals surface area contributed by atoms with Crippen molar-refractivity contribution in [2.45, 2.75) is 18.9 Å². The van der Waals surface area contributed by atoms with Crippen LogP contribution in [-0.4, -0.2) is 35.1 Å². The summed E-state index contributed by atoms with van der Waals surface area (Å²) < 4.78 is 1.09. The Morgan fingerprint density at radius 3 is 2.95 bits per heavy atom. The van der Waals surface area contributed by atoms with Crippen molar-refractivity contribution < 1.29 is 9.90 Å². The summed E-state index contributed by atoms with van der Waals surface area (Å²) in [6.45, 7) is 1.48. The van der Waals surface area contributed by atoms with E-state index < -0.39 is 0 Å². The number of carbonyl (C=O) groups excluding carboxylic acids is 1. The van der Waals surface area contributed by atoms with Crippen molar-refractivity contribution in [3.63, 3.8) is 0 Å². The van der Waals surface area contributed by atoms with Crippen LogP contribution in [-0.2, 0) is 0 Å². The molecule has 0 spiro atoms. The van der Waals surface area contributed by atoms with Gasteiger partial charge in [0.1, 0.15) is 0 Å². The van der Waals surface area contributed by atoms with E-state index in [1.807, 2.05) is 29.2 Å². The van der Waals surface area contributed by atoms with Gasteiger partial charge >= 0.3 is 0 Å². The van der Waals surface area contributed by atoms with Gasteiger partial charge in [0, 0.05) is 29.4 Å². The van der Waals surface area contributed by atoms with E-state index in [0.717, 1.165) is 40.0 Å². The number of anilines is 1. The molecule has 4 nitrogen and oxygen atoms in total. The first-order valence-electron chi connectivity index (χ1n) is 7.38. The van der Waals surface area contributed by atoms with Gasteiger partial charge in [-0.1, -0.05) is 0 Å². The van der Waals surface area contributed by atoms with Gasteiger partial charge in [0.2, 0.25) is 0 Å². The summed E-state index contributed by atoms with van der Waals surface area (Å²) in [4.78, 5) is 15.3. The number of likely N-dealkylation sites (tertiary alicyclic amines) is 1. The van der Waals surface area contributed by atoms with Crippen molar-refractivity contribution >= 4 is 33.0 Å². The standard InChI is InChI=1S/C16H18N2O2S/c17-11-2-4-14-10(5-11)6-15(21-14)16(20)18-7-9-1-3-13(19)12(9)8-18/h2,4-6,9,12-13,19H,1,3,7-8,17H2. The summed E-state index contributed by atoms with van der Waals surface area (Å²) >= 11 is 1.52. The molecule has 2 aliphatic rings. The van der Waals surface area contributed by atoms with Gasteiger partial charge in [0.15, 0.2) is 0 Å². The third-order valence-corrected chi connectivity index (χ3v) is 5.96. The second-order valence-electron chi connectivity index (χ2n) is 6.19. The van der Waals surface area contributed by atoms with Crippen molar-refractivity contribution in [2.75, 3.05) is 18.8 Å². The van der Waals surface area contributed by atoms with E-state index >= 15 is 0 Å². The quantitative estimate of drug-likeness (QED) is 0.795. The average molecular weight is 302 g/mol. The molecule has 5 heteroatoms. The number of nitrogens with zero attached hydrogens (tertiary/aromatic N) is 1. The minimum absolute atomic E-state index is 0.0939. The lowest BCUT2D eigenvalue weighted by Crippen LogP contribution is -2.30. The SMILES string of the molecule is Nc1ccc2sc(C(=O)N3CC4CCC(O)C4C3)cc2c1. The molecule has 1 aliphatic carbocycles. The number of hydrogen-bond donors (Lipinski definition) is 2. The summed E-state index contributed by atoms with van der Waals surface area (Å²) in [5.74, 6) is 0.851. The van der Waals surface area contributed by atoms with Crippen molar-refractivity contribution in [3.05, 3.63) is 29.1 Å². The van der Waals surface area contributed by atoms with Crippen LogP contribution in [0.4, 0.5) is 5.69 Å². The number of thiophene rings is 1. The molecule has 1 aromatic heterocycles. The Morgan fingerprint density at radius 2 is 2.14 bits per heavy atom. The van der Waals surface area contributed by atoms with Crippen LogP contribution < -0.4 is 5.73 Å². The molecule has 3 atom stereocenters. The van der Waals surface area contributed by atoms with Crippen molar-refractivity contribution in [3.8, 4) is 0 Å². The van der Waals surface area contributed by atoms with Gasteiger partial charge in [0.05, 0.1) is 11.0 Å². The van der Waals surface area contributed by atoms with Crippen LogP contribution in [0.25, 0.3) is 10.1 Å². The minimum atomic E-state index is -0.227. The maximum atomic E-state index is 12.7. The molecule has 4 rings (SSSR count). The molecule has 3 unspecified atom stereocenters. The number of amides is 1. The summed E-state index contributed by atoms with van der Waals surface area (Å²) in [7, 11) is 0. The second kappa shape index (κ2) is 4.71. The maximum Gasteiger partial charge on any atom is 0.263 e. The molecule has 3 N–H and O–H groups in total. The number of nitrogens with two attached hydrogens (primary N) is 1. The highest BCUT2D eigenvalue weighted by atomic mass is 32.1. The Bertz CT molecular complexity index is 711. The van der Waals surface area contributed by atoms with Crippen molar-refractivity contribution in [1.82, 2.24) is 4.90 Å². The number of aliphatic hydroxyl groups is 1. The number of benzene rings is 1. The van der Waals surface area contributed by atoms with Crippen LogP contribution in [0.1, 0.15) is 22.5 Å². The largest absolute Gasteiger partial charge is 0.399 e. The molecule has 1 saturated heterocycles. The monoisotopic (exact) mass is 302 g/mol. The van der Waals surface area contributed by atoms with Gasteiger partial charge in [-0.15, -0.1) is 11.3 Å². The molecule has 1 aromatic carbocycles. The molecule has 1 amide bonds.